The summed E-state index contributed by atoms with van der Waals surface area (Å²) in [6.07, 6.45) is 0.206. The fraction of sp³-hybridized carbons (Fsp3) is 0.118. The van der Waals surface area contributed by atoms with Crippen molar-refractivity contribution in [2.24, 2.45) is 0 Å². The van der Waals surface area contributed by atoms with Crippen molar-refractivity contribution >= 4 is 29.2 Å². The van der Waals surface area contributed by atoms with Gasteiger partial charge in [0.25, 0.3) is 5.69 Å². The van der Waals surface area contributed by atoms with E-state index in [4.69, 9.17) is 4.74 Å². The molecule has 2 amide bonds. The number of nitro groups is 1. The molecule has 1 saturated heterocycles. The highest BCUT2D eigenvalue weighted by Crippen LogP contribution is 2.32. The number of esters is 1. The zero-order chi connectivity index (χ0) is 18.0. The maximum atomic E-state index is 12.3. The first-order valence-corrected chi connectivity index (χ1v) is 7.39. The molecule has 1 fully saturated rings. The lowest BCUT2D eigenvalue weighted by molar-refractivity contribution is -0.384. The number of nitro benzene ring substituents is 1. The van der Waals surface area contributed by atoms with Crippen molar-refractivity contribution in [1.82, 2.24) is 0 Å². The third-order valence-corrected chi connectivity index (χ3v) is 3.65. The first-order valence-electron chi connectivity index (χ1n) is 7.39. The van der Waals surface area contributed by atoms with Crippen molar-refractivity contribution in [1.29, 1.82) is 0 Å². The molecule has 0 aliphatic carbocycles. The van der Waals surface area contributed by atoms with Crippen LogP contribution < -0.4 is 9.64 Å². The highest BCUT2D eigenvalue weighted by molar-refractivity contribution is 6.20. The fourth-order valence-corrected chi connectivity index (χ4v) is 2.48. The molecule has 25 heavy (non-hydrogen) atoms. The number of hydrogen-bond donors (Lipinski definition) is 0. The number of nitrogens with zero attached hydrogens (tertiary/aromatic N) is 2. The molecule has 2 aromatic rings. The zero-order valence-electron chi connectivity index (χ0n) is 12.9. The fourth-order valence-electron chi connectivity index (χ4n) is 2.48. The summed E-state index contributed by atoms with van der Waals surface area (Å²) in [5.41, 5.74) is -0.0792. The van der Waals surface area contributed by atoms with E-state index in [1.165, 1.54) is 30.3 Å². The smallest absolute Gasteiger partial charge is 0.343 e. The van der Waals surface area contributed by atoms with Crippen LogP contribution in [0, 0.1) is 10.1 Å². The summed E-state index contributed by atoms with van der Waals surface area (Å²) < 4.78 is 5.27. The highest BCUT2D eigenvalue weighted by atomic mass is 16.6. The molecular formula is C17H12N2O6. The van der Waals surface area contributed by atoms with Gasteiger partial charge in [-0.05, 0) is 18.2 Å². The highest BCUT2D eigenvalue weighted by Gasteiger charge is 2.32. The number of ether oxygens (including phenoxy) is 1. The van der Waals surface area contributed by atoms with Crippen molar-refractivity contribution in [3.63, 3.8) is 0 Å². The molecule has 1 aliphatic heterocycles. The molecule has 8 heteroatoms. The topological polar surface area (TPSA) is 107 Å². The van der Waals surface area contributed by atoms with Gasteiger partial charge >= 0.3 is 5.97 Å². The third-order valence-electron chi connectivity index (χ3n) is 3.65. The number of benzene rings is 2. The van der Waals surface area contributed by atoms with Gasteiger partial charge in [0.05, 0.1) is 16.2 Å². The van der Waals surface area contributed by atoms with E-state index in [2.05, 4.69) is 0 Å². The summed E-state index contributed by atoms with van der Waals surface area (Å²) in [6, 6.07) is 11.2. The lowest BCUT2D eigenvalue weighted by Crippen LogP contribution is -2.29. The van der Waals surface area contributed by atoms with Crippen molar-refractivity contribution in [2.75, 3.05) is 4.90 Å². The molecule has 0 aromatic heterocycles. The maximum absolute atomic E-state index is 12.3. The molecule has 0 N–H and O–H groups in total. The first-order chi connectivity index (χ1) is 12.0. The standard InChI is InChI=1S/C17H12N2O6/c20-15-8-9-16(21)18(15)13-6-1-2-7-14(13)25-17(22)11-4-3-5-12(10-11)19(23)24/h1-7,10H,8-9H2. The minimum atomic E-state index is -0.824. The third kappa shape index (κ3) is 3.23. The number of rotatable bonds is 4. The maximum Gasteiger partial charge on any atom is 0.343 e. The SMILES string of the molecule is O=C(Oc1ccccc1N1C(=O)CCC1=O)c1cccc([N+](=O)[O-])c1. The molecule has 0 bridgehead atoms. The first kappa shape index (κ1) is 16.3. The molecule has 0 spiro atoms. The Kier molecular flexibility index (Phi) is 4.25. The molecule has 3 rings (SSSR count). The minimum absolute atomic E-state index is 0.0110. The zero-order valence-corrected chi connectivity index (χ0v) is 12.9. The van der Waals surface area contributed by atoms with Crippen LogP contribution in [0.15, 0.2) is 48.5 Å². The van der Waals surface area contributed by atoms with Crippen LogP contribution in [-0.4, -0.2) is 22.7 Å². The van der Waals surface area contributed by atoms with Gasteiger partial charge in [0, 0.05) is 25.0 Å². The molecule has 2 aromatic carbocycles. The Hall–Kier alpha value is -3.55. The lowest BCUT2D eigenvalue weighted by Gasteiger charge is -2.17. The Labute approximate surface area is 141 Å². The number of para-hydroxylation sites is 2. The second-order valence-corrected chi connectivity index (χ2v) is 5.29. The van der Waals surface area contributed by atoms with Crippen molar-refractivity contribution in [3.8, 4) is 5.75 Å². The van der Waals surface area contributed by atoms with Crippen molar-refractivity contribution < 1.29 is 24.0 Å². The van der Waals surface area contributed by atoms with Crippen LogP contribution in [0.2, 0.25) is 0 Å². The van der Waals surface area contributed by atoms with Crippen molar-refractivity contribution in [3.05, 3.63) is 64.2 Å². The average Bonchev–Trinajstić information content (AvgIpc) is 2.94. The Balaban J connectivity index is 1.90. The number of amides is 2. The summed E-state index contributed by atoms with van der Waals surface area (Å²) in [6.45, 7) is 0. The van der Waals surface area contributed by atoms with E-state index < -0.39 is 10.9 Å². The molecule has 1 aliphatic rings. The molecule has 0 saturated carbocycles. The van der Waals surface area contributed by atoms with Crippen LogP contribution in [0.5, 0.6) is 5.75 Å². The molecular weight excluding hydrogens is 328 g/mol. The summed E-state index contributed by atoms with van der Waals surface area (Å²) in [4.78, 5) is 47.3. The van der Waals surface area contributed by atoms with Gasteiger partial charge in [-0.3, -0.25) is 19.7 Å². The van der Waals surface area contributed by atoms with Crippen LogP contribution in [0.1, 0.15) is 23.2 Å². The van der Waals surface area contributed by atoms with Gasteiger partial charge in [-0.25, -0.2) is 9.69 Å². The Morgan fingerprint density at radius 2 is 1.72 bits per heavy atom. The van der Waals surface area contributed by atoms with Crippen LogP contribution in [-0.2, 0) is 9.59 Å². The van der Waals surface area contributed by atoms with Crippen LogP contribution in [0.3, 0.4) is 0 Å². The van der Waals surface area contributed by atoms with Gasteiger partial charge in [-0.1, -0.05) is 18.2 Å². The number of carbonyl (C=O) groups excluding carboxylic acids is 3. The van der Waals surface area contributed by atoms with E-state index in [-0.39, 0.29) is 47.3 Å². The van der Waals surface area contributed by atoms with Gasteiger partial charge in [0.2, 0.25) is 11.8 Å². The predicted octanol–water partition coefficient (Wildman–Crippen LogP) is 2.47. The lowest BCUT2D eigenvalue weighted by atomic mass is 10.2. The number of anilines is 1. The van der Waals surface area contributed by atoms with Crippen LogP contribution in [0.25, 0.3) is 0 Å². The van der Waals surface area contributed by atoms with E-state index in [1.54, 1.807) is 12.1 Å². The largest absolute Gasteiger partial charge is 0.421 e. The normalized spacial score (nSPS) is 13.8. The number of imide groups is 1. The van der Waals surface area contributed by atoms with Gasteiger partial charge in [0.1, 0.15) is 0 Å². The summed E-state index contributed by atoms with van der Waals surface area (Å²) in [5, 5.41) is 10.8. The Bertz CT molecular complexity index is 876. The Morgan fingerprint density at radius 1 is 1.04 bits per heavy atom. The molecule has 8 nitrogen and oxygen atoms in total. The molecule has 1 heterocycles. The molecule has 0 unspecified atom stereocenters. The number of hydrogen-bond acceptors (Lipinski definition) is 6. The van der Waals surface area contributed by atoms with E-state index in [0.717, 1.165) is 11.0 Å². The van der Waals surface area contributed by atoms with Gasteiger partial charge < -0.3 is 4.74 Å². The minimum Gasteiger partial charge on any atom is -0.421 e. The quantitative estimate of drug-likeness (QED) is 0.278. The average molecular weight is 340 g/mol. The van der Waals surface area contributed by atoms with E-state index in [9.17, 15) is 24.5 Å². The summed E-state index contributed by atoms with van der Waals surface area (Å²) >= 11 is 0. The number of carbonyl (C=O) groups is 3. The Morgan fingerprint density at radius 3 is 2.40 bits per heavy atom. The van der Waals surface area contributed by atoms with E-state index in [0.29, 0.717) is 0 Å². The van der Waals surface area contributed by atoms with Crippen LogP contribution >= 0.6 is 0 Å². The van der Waals surface area contributed by atoms with Crippen LogP contribution in [0.4, 0.5) is 11.4 Å². The van der Waals surface area contributed by atoms with E-state index in [1.807, 2.05) is 0 Å². The second-order valence-electron chi connectivity index (χ2n) is 5.29. The predicted molar refractivity (Wildman–Crippen MR) is 86.2 cm³/mol. The molecule has 0 atom stereocenters. The van der Waals surface area contributed by atoms with Crippen molar-refractivity contribution in [2.45, 2.75) is 12.8 Å². The monoisotopic (exact) mass is 340 g/mol. The number of non-ortho nitro benzene ring substituents is 1. The van der Waals surface area contributed by atoms with E-state index >= 15 is 0 Å². The summed E-state index contributed by atoms with van der Waals surface area (Å²) in [5.74, 6) is -1.54. The summed E-state index contributed by atoms with van der Waals surface area (Å²) in [7, 11) is 0. The molecule has 126 valence electrons. The molecule has 0 radical (unpaired) electrons. The van der Waals surface area contributed by atoms with Gasteiger partial charge in [-0.15, -0.1) is 0 Å². The van der Waals surface area contributed by atoms with Gasteiger partial charge in [-0.2, -0.15) is 0 Å². The second kappa shape index (κ2) is 6.52. The van der Waals surface area contributed by atoms with Gasteiger partial charge in [0.15, 0.2) is 5.75 Å².